The van der Waals surface area contributed by atoms with Crippen LogP contribution < -0.4 is 0 Å². The molecule has 7 heteroatoms. The molecule has 0 N–H and O–H groups in total. The molecule has 1 aliphatic carbocycles. The summed E-state index contributed by atoms with van der Waals surface area (Å²) in [4.78, 5) is 0. The molecule has 208 valence electrons. The number of benzene rings is 2. The van der Waals surface area contributed by atoms with Crippen LogP contribution in [0, 0.1) is 35.2 Å². The maximum Gasteiger partial charge on any atom is 0.409 e. The zero-order chi connectivity index (χ0) is 27.3. The van der Waals surface area contributed by atoms with Crippen LogP contribution in [0.5, 0.6) is 0 Å². The molecule has 2 aromatic rings. The molecule has 1 aliphatic heterocycles. The molecule has 1 nitrogen and oxygen atoms in total. The second-order valence-corrected chi connectivity index (χ2v) is 10.9. The summed E-state index contributed by atoms with van der Waals surface area (Å²) in [7, 11) is 0. The highest BCUT2D eigenvalue weighted by atomic mass is 19.4. The van der Waals surface area contributed by atoms with Gasteiger partial charge in [-0.05, 0) is 78.8 Å². The van der Waals surface area contributed by atoms with Gasteiger partial charge in [-0.1, -0.05) is 57.6 Å². The van der Waals surface area contributed by atoms with Crippen LogP contribution in [0.25, 0.3) is 17.2 Å². The number of rotatable bonds is 8. The fourth-order valence-corrected chi connectivity index (χ4v) is 6.08. The third-order valence-electron chi connectivity index (χ3n) is 8.28. The van der Waals surface area contributed by atoms with Crippen molar-refractivity contribution in [2.45, 2.75) is 83.4 Å². The minimum atomic E-state index is -4.70. The van der Waals surface area contributed by atoms with Gasteiger partial charge in [0.25, 0.3) is 0 Å². The first-order chi connectivity index (χ1) is 18.1. The molecular formula is C31H36F6O. The van der Waals surface area contributed by atoms with Crippen LogP contribution in [-0.4, -0.2) is 12.8 Å². The lowest BCUT2D eigenvalue weighted by Crippen LogP contribution is -2.29. The van der Waals surface area contributed by atoms with E-state index >= 15 is 4.39 Å². The van der Waals surface area contributed by atoms with E-state index in [0.29, 0.717) is 30.1 Å². The van der Waals surface area contributed by atoms with Gasteiger partial charge in [-0.3, -0.25) is 0 Å². The van der Waals surface area contributed by atoms with Gasteiger partial charge in [0.05, 0.1) is 12.7 Å². The first-order valence-corrected chi connectivity index (χ1v) is 13.8. The summed E-state index contributed by atoms with van der Waals surface area (Å²) in [5.74, 6) is -0.960. The molecule has 38 heavy (non-hydrogen) atoms. The highest BCUT2D eigenvalue weighted by Gasteiger charge is 2.32. The number of unbranched alkanes of at least 4 members (excludes halogenated alkanes) is 2. The zero-order valence-electron chi connectivity index (χ0n) is 21.8. The Balaban J connectivity index is 1.35. The highest BCUT2D eigenvalue weighted by Crippen LogP contribution is 2.42. The topological polar surface area (TPSA) is 9.23 Å². The molecule has 2 atom stereocenters. The molecular weight excluding hydrogens is 502 g/mol. The van der Waals surface area contributed by atoms with Crippen LogP contribution in [0.1, 0.15) is 88.4 Å². The van der Waals surface area contributed by atoms with E-state index < -0.39 is 29.2 Å². The normalized spacial score (nSPS) is 24.7. The summed E-state index contributed by atoms with van der Waals surface area (Å²) in [5, 5.41) is 0. The maximum atomic E-state index is 15.0. The van der Waals surface area contributed by atoms with Gasteiger partial charge in [0, 0.05) is 17.2 Å². The maximum absolute atomic E-state index is 15.0. The second-order valence-electron chi connectivity index (χ2n) is 10.9. The molecule has 0 amide bonds. The van der Waals surface area contributed by atoms with Gasteiger partial charge in [-0.2, -0.15) is 13.2 Å². The average molecular weight is 539 g/mol. The quantitative estimate of drug-likeness (QED) is 0.240. The Bertz CT molecular complexity index is 1070. The first-order valence-electron chi connectivity index (χ1n) is 13.8. The Hall–Kier alpha value is -2.28. The molecule has 1 heterocycles. The van der Waals surface area contributed by atoms with Gasteiger partial charge in [0.1, 0.15) is 17.5 Å². The van der Waals surface area contributed by atoms with Crippen LogP contribution in [0.3, 0.4) is 0 Å². The van der Waals surface area contributed by atoms with E-state index in [-0.39, 0.29) is 23.3 Å². The SMILES string of the molecule is CCCCCC1CCC(C2CCC(c3ccc(-c4cc(F)c(/C=C/C(F)(F)F)c(F)c4)c(F)c3)OC2)CC1. The number of ether oxygens (including phenoxy) is 1. The van der Waals surface area contributed by atoms with E-state index in [1.165, 1.54) is 63.5 Å². The summed E-state index contributed by atoms with van der Waals surface area (Å²) < 4.78 is 87.0. The van der Waals surface area contributed by atoms with Crippen LogP contribution in [0.2, 0.25) is 0 Å². The van der Waals surface area contributed by atoms with Crippen LogP contribution >= 0.6 is 0 Å². The van der Waals surface area contributed by atoms with Gasteiger partial charge >= 0.3 is 6.18 Å². The van der Waals surface area contributed by atoms with Gasteiger partial charge < -0.3 is 4.74 Å². The van der Waals surface area contributed by atoms with Crippen molar-refractivity contribution in [1.82, 2.24) is 0 Å². The third kappa shape index (κ3) is 7.43. The lowest BCUT2D eigenvalue weighted by Gasteiger charge is -2.38. The Labute approximate surface area is 221 Å². The lowest BCUT2D eigenvalue weighted by molar-refractivity contribution is -0.0790. The van der Waals surface area contributed by atoms with Gasteiger partial charge in [-0.25, -0.2) is 13.2 Å². The number of alkyl halides is 3. The monoisotopic (exact) mass is 538 g/mol. The van der Waals surface area contributed by atoms with E-state index in [1.807, 2.05) is 0 Å². The largest absolute Gasteiger partial charge is 0.409 e. The second kappa shape index (κ2) is 12.7. The molecule has 2 aromatic carbocycles. The van der Waals surface area contributed by atoms with Gasteiger partial charge in [0.15, 0.2) is 0 Å². The van der Waals surface area contributed by atoms with E-state index in [2.05, 4.69) is 6.92 Å². The van der Waals surface area contributed by atoms with Crippen molar-refractivity contribution in [3.05, 3.63) is 65.0 Å². The molecule has 0 aromatic heterocycles. The fraction of sp³-hybridized carbons (Fsp3) is 0.548. The summed E-state index contributed by atoms with van der Waals surface area (Å²) in [5.41, 5.74) is -0.251. The number of hydrogen-bond acceptors (Lipinski definition) is 1. The smallest absolute Gasteiger partial charge is 0.373 e. The Kier molecular flexibility index (Phi) is 9.61. The molecule has 1 saturated carbocycles. The summed E-state index contributed by atoms with van der Waals surface area (Å²) in [6, 6.07) is 6.15. The van der Waals surface area contributed by atoms with Gasteiger partial charge in [-0.15, -0.1) is 0 Å². The van der Waals surface area contributed by atoms with Crippen molar-refractivity contribution in [2.24, 2.45) is 17.8 Å². The van der Waals surface area contributed by atoms with E-state index in [0.717, 1.165) is 30.9 Å². The Morgan fingerprint density at radius 1 is 0.842 bits per heavy atom. The summed E-state index contributed by atoms with van der Waals surface area (Å²) in [6.45, 7) is 2.89. The molecule has 4 rings (SSSR count). The summed E-state index contributed by atoms with van der Waals surface area (Å²) >= 11 is 0. The molecule has 0 radical (unpaired) electrons. The van der Waals surface area contributed by atoms with E-state index in [9.17, 15) is 22.0 Å². The van der Waals surface area contributed by atoms with Gasteiger partial charge in [0.2, 0.25) is 0 Å². The molecule has 2 aliphatic rings. The average Bonchev–Trinajstić information content (AvgIpc) is 2.88. The van der Waals surface area contributed by atoms with Crippen molar-refractivity contribution < 1.29 is 31.1 Å². The third-order valence-corrected chi connectivity index (χ3v) is 8.28. The van der Waals surface area contributed by atoms with E-state index in [4.69, 9.17) is 4.74 Å². The predicted octanol–water partition coefficient (Wildman–Crippen LogP) is 10.2. The first kappa shape index (κ1) is 28.7. The van der Waals surface area contributed by atoms with Crippen LogP contribution in [0.4, 0.5) is 26.3 Å². The van der Waals surface area contributed by atoms with Crippen molar-refractivity contribution in [3.8, 4) is 11.1 Å². The molecule has 0 bridgehead atoms. The molecule has 2 unspecified atom stereocenters. The van der Waals surface area contributed by atoms with Crippen LogP contribution in [0.15, 0.2) is 36.4 Å². The number of halogens is 6. The number of allylic oxidation sites excluding steroid dienone is 1. The highest BCUT2D eigenvalue weighted by molar-refractivity contribution is 5.67. The van der Waals surface area contributed by atoms with E-state index in [1.54, 1.807) is 6.07 Å². The lowest BCUT2D eigenvalue weighted by atomic mass is 9.72. The minimum absolute atomic E-state index is 0.0257. The summed E-state index contributed by atoms with van der Waals surface area (Å²) in [6.07, 6.45) is 7.40. The zero-order valence-corrected chi connectivity index (χ0v) is 21.8. The van der Waals surface area contributed by atoms with Crippen molar-refractivity contribution in [1.29, 1.82) is 0 Å². The molecule has 0 spiro atoms. The predicted molar refractivity (Wildman–Crippen MR) is 138 cm³/mol. The Morgan fingerprint density at radius 3 is 2.11 bits per heavy atom. The number of hydrogen-bond donors (Lipinski definition) is 0. The van der Waals surface area contributed by atoms with Crippen LogP contribution in [-0.2, 0) is 4.74 Å². The molecule has 2 fully saturated rings. The van der Waals surface area contributed by atoms with Crippen molar-refractivity contribution in [2.75, 3.05) is 6.61 Å². The standard InChI is InChI=1S/C31H36F6O/c1-2-3-4-5-20-6-8-21(9-7-20)23-11-13-30(38-19-23)22-10-12-25(27(32)16-22)24-17-28(33)26(29(34)18-24)14-15-31(35,36)37/h10,12,14-18,20-21,23,30H,2-9,11,13,19H2,1H3/b15-14+. The fourth-order valence-electron chi connectivity index (χ4n) is 6.08. The van der Waals surface area contributed by atoms with Crippen molar-refractivity contribution >= 4 is 6.08 Å². The molecule has 1 saturated heterocycles. The minimum Gasteiger partial charge on any atom is -0.373 e. The van der Waals surface area contributed by atoms with Crippen molar-refractivity contribution in [3.63, 3.8) is 0 Å². The Morgan fingerprint density at radius 2 is 1.53 bits per heavy atom.